The van der Waals surface area contributed by atoms with Crippen LogP contribution in [0.25, 0.3) is 0 Å². The Kier molecular flexibility index (Phi) is 4.16. The second-order valence-corrected chi connectivity index (χ2v) is 6.63. The predicted molar refractivity (Wildman–Crippen MR) is 68.9 cm³/mol. The summed E-state index contributed by atoms with van der Waals surface area (Å²) in [5.74, 6) is 0. The van der Waals surface area contributed by atoms with Gasteiger partial charge in [-0.05, 0) is 0 Å². The zero-order chi connectivity index (χ0) is 10.4. The molecule has 0 saturated heterocycles. The Balaban J connectivity index is 3.05. The molecule has 0 aliphatic heterocycles. The Bertz CT molecular complexity index is 340. The molecule has 0 atom stereocenters. The first-order valence-corrected chi connectivity index (χ1v) is 6.89. The Morgan fingerprint density at radius 3 is 2.00 bits per heavy atom. The summed E-state index contributed by atoms with van der Waals surface area (Å²) in [6.45, 7) is 5.98. The summed E-state index contributed by atoms with van der Waals surface area (Å²) in [5, 5.41) is 1.25. The van der Waals surface area contributed by atoms with Crippen molar-refractivity contribution in [1.82, 2.24) is 0 Å². The van der Waals surface area contributed by atoms with Gasteiger partial charge >= 0.3 is 87.2 Å². The molecular formula is C12H15BP. The summed E-state index contributed by atoms with van der Waals surface area (Å²) >= 11 is 0. The number of rotatable bonds is 5. The first-order valence-electron chi connectivity index (χ1n) is 4.66. The van der Waals surface area contributed by atoms with Gasteiger partial charge in [-0.25, -0.2) is 0 Å². The van der Waals surface area contributed by atoms with E-state index in [1.807, 2.05) is 30.4 Å². The molecule has 0 saturated carbocycles. The zero-order valence-corrected chi connectivity index (χ0v) is 9.29. The van der Waals surface area contributed by atoms with Gasteiger partial charge in [0, 0.05) is 0 Å². The van der Waals surface area contributed by atoms with Crippen molar-refractivity contribution < 1.29 is 0 Å². The SMILES string of the molecule is [B]=P(CC=C)(CC=C)c1ccccc1. The number of benzene rings is 1. The molecule has 2 heteroatoms. The van der Waals surface area contributed by atoms with Gasteiger partial charge < -0.3 is 0 Å². The third-order valence-electron chi connectivity index (χ3n) is 2.18. The van der Waals surface area contributed by atoms with Crippen LogP contribution in [0.2, 0.25) is 0 Å². The molecule has 14 heavy (non-hydrogen) atoms. The van der Waals surface area contributed by atoms with Gasteiger partial charge in [-0.15, -0.1) is 0 Å². The van der Waals surface area contributed by atoms with E-state index in [1.165, 1.54) is 5.30 Å². The molecule has 71 valence electrons. The second-order valence-electron chi connectivity index (χ2n) is 3.31. The van der Waals surface area contributed by atoms with Crippen LogP contribution >= 0.6 is 6.75 Å². The van der Waals surface area contributed by atoms with Crippen molar-refractivity contribution in [2.24, 2.45) is 0 Å². The number of hydrogen-bond donors (Lipinski definition) is 0. The van der Waals surface area contributed by atoms with Crippen molar-refractivity contribution in [2.45, 2.75) is 0 Å². The number of allylic oxidation sites excluding steroid dienone is 2. The van der Waals surface area contributed by atoms with Crippen molar-refractivity contribution in [1.29, 1.82) is 0 Å². The predicted octanol–water partition coefficient (Wildman–Crippen LogP) is 2.79. The van der Waals surface area contributed by atoms with E-state index in [0.717, 1.165) is 12.3 Å². The summed E-state index contributed by atoms with van der Waals surface area (Å²) in [7, 11) is 6.41. The third-order valence-corrected chi connectivity index (χ3v) is 5.33. The first-order chi connectivity index (χ1) is 6.73. The minimum absolute atomic E-state index is 0.878. The van der Waals surface area contributed by atoms with Crippen molar-refractivity contribution in [3.63, 3.8) is 0 Å². The normalized spacial score (nSPS) is 10.8. The van der Waals surface area contributed by atoms with Gasteiger partial charge in [-0.1, -0.05) is 0 Å². The van der Waals surface area contributed by atoms with Crippen LogP contribution in [-0.4, -0.2) is 19.5 Å². The van der Waals surface area contributed by atoms with Crippen molar-refractivity contribution in [2.75, 3.05) is 12.3 Å². The molecule has 0 aliphatic rings. The summed E-state index contributed by atoms with van der Waals surface area (Å²) in [6.07, 6.45) is 5.57. The topological polar surface area (TPSA) is 0 Å². The molecule has 0 fully saturated rings. The van der Waals surface area contributed by atoms with Gasteiger partial charge in [0.15, 0.2) is 0 Å². The van der Waals surface area contributed by atoms with Gasteiger partial charge in [-0.2, -0.15) is 0 Å². The molecule has 1 radical (unpaired) electrons. The van der Waals surface area contributed by atoms with Gasteiger partial charge in [0.05, 0.1) is 0 Å². The van der Waals surface area contributed by atoms with E-state index < -0.39 is 6.75 Å². The Hall–Kier alpha value is -0.805. The van der Waals surface area contributed by atoms with Crippen LogP contribution in [0.15, 0.2) is 55.6 Å². The zero-order valence-electron chi connectivity index (χ0n) is 8.39. The Morgan fingerprint density at radius 1 is 1.07 bits per heavy atom. The molecule has 1 rings (SSSR count). The van der Waals surface area contributed by atoms with Crippen molar-refractivity contribution >= 4 is 19.2 Å². The average molecular weight is 201 g/mol. The fourth-order valence-electron chi connectivity index (χ4n) is 1.47. The van der Waals surface area contributed by atoms with Gasteiger partial charge in [0.2, 0.25) is 0 Å². The van der Waals surface area contributed by atoms with E-state index >= 15 is 0 Å². The minimum atomic E-state index is -1.56. The first kappa shape index (κ1) is 11.3. The van der Waals surface area contributed by atoms with Crippen molar-refractivity contribution in [3.8, 4) is 0 Å². The third kappa shape index (κ3) is 2.59. The van der Waals surface area contributed by atoms with Crippen LogP contribution in [0.3, 0.4) is 0 Å². The van der Waals surface area contributed by atoms with Crippen LogP contribution in [0.5, 0.6) is 0 Å². The van der Waals surface area contributed by atoms with E-state index in [-0.39, 0.29) is 0 Å². The molecule has 0 heterocycles. The van der Waals surface area contributed by atoms with E-state index in [9.17, 15) is 0 Å². The van der Waals surface area contributed by atoms with Gasteiger partial charge in [0.25, 0.3) is 0 Å². The molecule has 0 nitrogen and oxygen atoms in total. The standard InChI is InChI=1S/C12H15BP/c1-3-10-14(13,11-4-2)12-8-6-5-7-9-12/h3-9H,1-2,10-11H2. The molecule has 0 unspecified atom stereocenters. The number of hydrogen-bond acceptors (Lipinski definition) is 0. The quantitative estimate of drug-likeness (QED) is 0.390. The molecule has 0 N–H and O–H groups in total. The van der Waals surface area contributed by atoms with Crippen LogP contribution < -0.4 is 5.30 Å². The summed E-state index contributed by atoms with van der Waals surface area (Å²) in [5.41, 5.74) is 0. The molecule has 1 aromatic carbocycles. The van der Waals surface area contributed by atoms with Gasteiger partial charge in [0.1, 0.15) is 0 Å². The molecular weight excluding hydrogens is 186 g/mol. The molecule has 0 amide bonds. The Morgan fingerprint density at radius 2 is 1.57 bits per heavy atom. The maximum absolute atomic E-state index is 6.41. The monoisotopic (exact) mass is 201 g/mol. The Labute approximate surface area is 87.7 Å². The van der Waals surface area contributed by atoms with Crippen LogP contribution in [0.1, 0.15) is 0 Å². The molecule has 0 spiro atoms. The summed E-state index contributed by atoms with van der Waals surface area (Å²) in [4.78, 5) is 0. The summed E-state index contributed by atoms with van der Waals surface area (Å²) in [6, 6.07) is 10.3. The molecule has 0 bridgehead atoms. The molecule has 1 aromatic rings. The molecule has 0 aliphatic carbocycles. The van der Waals surface area contributed by atoms with Gasteiger partial charge in [-0.3, -0.25) is 0 Å². The average Bonchev–Trinajstić information content (AvgIpc) is 2.20. The van der Waals surface area contributed by atoms with Crippen molar-refractivity contribution in [3.05, 3.63) is 55.6 Å². The maximum atomic E-state index is 6.41. The molecule has 0 aromatic heterocycles. The van der Waals surface area contributed by atoms with Crippen LogP contribution in [0.4, 0.5) is 0 Å². The van der Waals surface area contributed by atoms with E-state index in [4.69, 9.17) is 7.18 Å². The van der Waals surface area contributed by atoms with E-state index in [0.29, 0.717) is 0 Å². The fraction of sp³-hybridized carbons (Fsp3) is 0.167. The van der Waals surface area contributed by atoms with Crippen LogP contribution in [-0.2, 0) is 0 Å². The summed E-state index contributed by atoms with van der Waals surface area (Å²) < 4.78 is 0. The van der Waals surface area contributed by atoms with Crippen LogP contribution in [0, 0.1) is 0 Å². The fourth-order valence-corrected chi connectivity index (χ4v) is 3.73. The van der Waals surface area contributed by atoms with E-state index in [1.54, 1.807) is 0 Å². The second kappa shape index (κ2) is 5.17. The van der Waals surface area contributed by atoms with E-state index in [2.05, 4.69) is 25.3 Å².